The third-order valence-corrected chi connectivity index (χ3v) is 2.28. The lowest BCUT2D eigenvalue weighted by molar-refractivity contribution is 0.139. The first kappa shape index (κ1) is 11.5. The van der Waals surface area contributed by atoms with E-state index < -0.39 is 0 Å². The van der Waals surface area contributed by atoms with Crippen LogP contribution in [0.4, 0.5) is 0 Å². The van der Waals surface area contributed by atoms with E-state index in [4.69, 9.17) is 14.7 Å². The maximum Gasteiger partial charge on any atom is 0.143 e. The van der Waals surface area contributed by atoms with E-state index in [9.17, 15) is 0 Å². The molecule has 1 rings (SSSR count). The predicted octanol–water partition coefficient (Wildman–Crippen LogP) is 2.17. The highest BCUT2D eigenvalue weighted by Crippen LogP contribution is 2.13. The van der Waals surface area contributed by atoms with E-state index >= 15 is 0 Å². The number of nitriles is 1. The van der Waals surface area contributed by atoms with Gasteiger partial charge in [-0.3, -0.25) is 0 Å². The molecule has 15 heavy (non-hydrogen) atoms. The van der Waals surface area contributed by atoms with Crippen molar-refractivity contribution in [2.75, 3.05) is 14.2 Å². The smallest absolute Gasteiger partial charge is 0.143 e. The van der Waals surface area contributed by atoms with Crippen molar-refractivity contribution >= 4 is 0 Å². The van der Waals surface area contributed by atoms with Gasteiger partial charge in [-0.15, -0.1) is 0 Å². The second kappa shape index (κ2) is 6.05. The average molecular weight is 205 g/mol. The summed E-state index contributed by atoms with van der Waals surface area (Å²) in [5, 5.41) is 8.69. The van der Waals surface area contributed by atoms with Gasteiger partial charge < -0.3 is 9.47 Å². The van der Waals surface area contributed by atoms with Gasteiger partial charge in [-0.2, -0.15) is 5.26 Å². The molecule has 0 spiro atoms. The van der Waals surface area contributed by atoms with Gasteiger partial charge in [0, 0.05) is 7.11 Å². The second-order valence-electron chi connectivity index (χ2n) is 3.24. The van der Waals surface area contributed by atoms with Gasteiger partial charge in [-0.1, -0.05) is 12.1 Å². The molecule has 3 nitrogen and oxygen atoms in total. The van der Waals surface area contributed by atoms with Gasteiger partial charge >= 0.3 is 0 Å². The molecular weight excluding hydrogens is 190 g/mol. The Kier molecular flexibility index (Phi) is 4.65. The summed E-state index contributed by atoms with van der Waals surface area (Å²) < 4.78 is 10.0. The second-order valence-corrected chi connectivity index (χ2v) is 3.24. The summed E-state index contributed by atoms with van der Waals surface area (Å²) in [6.07, 6.45) is 1.25. The third-order valence-electron chi connectivity index (χ3n) is 2.28. The van der Waals surface area contributed by atoms with E-state index in [1.165, 1.54) is 5.56 Å². The molecule has 0 bridgehead atoms. The topological polar surface area (TPSA) is 42.2 Å². The number of hydrogen-bond acceptors (Lipinski definition) is 3. The molecule has 0 aliphatic carbocycles. The maximum atomic E-state index is 8.69. The monoisotopic (exact) mass is 205 g/mol. The third kappa shape index (κ3) is 3.61. The van der Waals surface area contributed by atoms with E-state index in [0.717, 1.165) is 18.6 Å². The van der Waals surface area contributed by atoms with Crippen molar-refractivity contribution < 1.29 is 9.47 Å². The van der Waals surface area contributed by atoms with Gasteiger partial charge in [0.1, 0.15) is 11.9 Å². The summed E-state index contributed by atoms with van der Waals surface area (Å²) in [4.78, 5) is 0. The molecule has 0 aromatic heterocycles. The Labute approximate surface area is 90.2 Å². The lowest BCUT2D eigenvalue weighted by atomic mass is 10.1. The van der Waals surface area contributed by atoms with Gasteiger partial charge in [0.05, 0.1) is 13.2 Å². The van der Waals surface area contributed by atoms with Crippen LogP contribution in [-0.4, -0.2) is 20.3 Å². The van der Waals surface area contributed by atoms with E-state index in [2.05, 4.69) is 6.07 Å². The zero-order chi connectivity index (χ0) is 11.1. The summed E-state index contributed by atoms with van der Waals surface area (Å²) >= 11 is 0. The highest BCUT2D eigenvalue weighted by atomic mass is 16.5. The quantitative estimate of drug-likeness (QED) is 0.739. The standard InChI is InChI=1S/C12H15NO2/c1-14-11-6-3-10(4-7-11)5-8-12(9-13)15-2/h3-4,6-7,12H,5,8H2,1-2H3. The molecule has 0 aliphatic rings. The highest BCUT2D eigenvalue weighted by Gasteiger charge is 2.05. The Balaban J connectivity index is 2.48. The van der Waals surface area contributed by atoms with Crippen LogP contribution in [0.1, 0.15) is 12.0 Å². The van der Waals surface area contributed by atoms with Crippen LogP contribution in [-0.2, 0) is 11.2 Å². The normalized spacial score (nSPS) is 11.8. The van der Waals surface area contributed by atoms with Crippen LogP contribution in [0.2, 0.25) is 0 Å². The average Bonchev–Trinajstić information content (AvgIpc) is 2.31. The number of aryl methyl sites for hydroxylation is 1. The fraction of sp³-hybridized carbons (Fsp3) is 0.417. The minimum Gasteiger partial charge on any atom is -0.497 e. The molecule has 1 atom stereocenters. The van der Waals surface area contributed by atoms with E-state index in [-0.39, 0.29) is 6.10 Å². The Morgan fingerprint density at radius 1 is 1.27 bits per heavy atom. The first-order valence-electron chi connectivity index (χ1n) is 4.85. The van der Waals surface area contributed by atoms with Crippen LogP contribution in [0.5, 0.6) is 5.75 Å². The summed E-state index contributed by atoms with van der Waals surface area (Å²) in [5.41, 5.74) is 1.19. The van der Waals surface area contributed by atoms with E-state index in [1.807, 2.05) is 24.3 Å². The van der Waals surface area contributed by atoms with Crippen LogP contribution in [0, 0.1) is 11.3 Å². The molecule has 1 unspecified atom stereocenters. The summed E-state index contributed by atoms with van der Waals surface area (Å²) in [6.45, 7) is 0. The van der Waals surface area contributed by atoms with Crippen LogP contribution in [0.15, 0.2) is 24.3 Å². The molecule has 0 N–H and O–H groups in total. The number of rotatable bonds is 5. The molecule has 0 aliphatic heterocycles. The summed E-state index contributed by atoms with van der Waals surface area (Å²) in [5.74, 6) is 0.849. The number of ether oxygens (including phenoxy) is 2. The van der Waals surface area contributed by atoms with Crippen molar-refractivity contribution in [3.63, 3.8) is 0 Å². The Morgan fingerprint density at radius 3 is 2.40 bits per heavy atom. The van der Waals surface area contributed by atoms with Gasteiger partial charge in [0.2, 0.25) is 0 Å². The lowest BCUT2D eigenvalue weighted by Crippen LogP contribution is -2.08. The Hall–Kier alpha value is -1.53. The molecule has 1 aromatic carbocycles. The van der Waals surface area contributed by atoms with Gasteiger partial charge in [-0.25, -0.2) is 0 Å². The van der Waals surface area contributed by atoms with Gasteiger partial charge in [0.25, 0.3) is 0 Å². The molecule has 0 heterocycles. The molecule has 1 aromatic rings. The molecule has 0 saturated heterocycles. The zero-order valence-electron chi connectivity index (χ0n) is 9.06. The summed E-state index contributed by atoms with van der Waals surface area (Å²) in [6, 6.07) is 9.94. The van der Waals surface area contributed by atoms with Crippen LogP contribution in [0.3, 0.4) is 0 Å². The first-order chi connectivity index (χ1) is 7.30. The minimum absolute atomic E-state index is 0.313. The molecule has 0 radical (unpaired) electrons. The van der Waals surface area contributed by atoms with Crippen molar-refractivity contribution in [2.45, 2.75) is 18.9 Å². The largest absolute Gasteiger partial charge is 0.497 e. The van der Waals surface area contributed by atoms with Gasteiger partial charge in [-0.05, 0) is 30.5 Å². The Bertz CT molecular complexity index is 326. The van der Waals surface area contributed by atoms with Crippen molar-refractivity contribution in [2.24, 2.45) is 0 Å². The van der Waals surface area contributed by atoms with Crippen LogP contribution < -0.4 is 4.74 Å². The van der Waals surface area contributed by atoms with Crippen molar-refractivity contribution in [1.82, 2.24) is 0 Å². The van der Waals surface area contributed by atoms with Crippen molar-refractivity contribution in [3.8, 4) is 11.8 Å². The molecule has 0 fully saturated rings. The SMILES string of the molecule is COc1ccc(CCC(C#N)OC)cc1. The molecule has 0 amide bonds. The van der Waals surface area contributed by atoms with Gasteiger partial charge in [0.15, 0.2) is 0 Å². The zero-order valence-corrected chi connectivity index (χ0v) is 9.06. The fourth-order valence-electron chi connectivity index (χ4n) is 1.33. The number of benzene rings is 1. The van der Waals surface area contributed by atoms with Crippen LogP contribution in [0.25, 0.3) is 0 Å². The minimum atomic E-state index is -0.313. The van der Waals surface area contributed by atoms with Crippen molar-refractivity contribution in [3.05, 3.63) is 29.8 Å². The lowest BCUT2D eigenvalue weighted by Gasteiger charge is -2.07. The van der Waals surface area contributed by atoms with Crippen molar-refractivity contribution in [1.29, 1.82) is 5.26 Å². The predicted molar refractivity (Wildman–Crippen MR) is 57.7 cm³/mol. The molecule has 0 saturated carbocycles. The van der Waals surface area contributed by atoms with E-state index in [0.29, 0.717) is 0 Å². The molecule has 3 heteroatoms. The fourth-order valence-corrected chi connectivity index (χ4v) is 1.33. The first-order valence-corrected chi connectivity index (χ1v) is 4.85. The highest BCUT2D eigenvalue weighted by molar-refractivity contribution is 5.27. The maximum absolute atomic E-state index is 8.69. The number of nitrogens with zero attached hydrogens (tertiary/aromatic N) is 1. The summed E-state index contributed by atoms with van der Waals surface area (Å²) in [7, 11) is 3.20. The number of hydrogen-bond donors (Lipinski definition) is 0. The van der Waals surface area contributed by atoms with Crippen LogP contribution >= 0.6 is 0 Å². The molecular formula is C12H15NO2. The Morgan fingerprint density at radius 2 is 1.93 bits per heavy atom. The number of methoxy groups -OCH3 is 2. The van der Waals surface area contributed by atoms with E-state index in [1.54, 1.807) is 14.2 Å². The molecule has 80 valence electrons.